The van der Waals surface area contributed by atoms with E-state index in [1.54, 1.807) is 12.3 Å². The molecule has 2 atom stereocenters. The third-order valence-corrected chi connectivity index (χ3v) is 5.29. The van der Waals surface area contributed by atoms with Gasteiger partial charge in [-0.1, -0.05) is 24.3 Å². The molecule has 1 fully saturated rings. The number of allylic oxidation sites excluding steroid dienone is 1. The van der Waals surface area contributed by atoms with Gasteiger partial charge in [0.05, 0.1) is 12.7 Å². The van der Waals surface area contributed by atoms with Crippen LogP contribution in [0.2, 0.25) is 0 Å². The van der Waals surface area contributed by atoms with Crippen LogP contribution in [0.4, 0.5) is 0 Å². The van der Waals surface area contributed by atoms with Crippen LogP contribution in [0.15, 0.2) is 36.6 Å². The Bertz CT molecular complexity index is 525. The molecule has 4 rings (SSSR count). The Morgan fingerprint density at radius 3 is 2.26 bits per heavy atom. The minimum absolute atomic E-state index is 0.217. The standard InChI is InChI=1S/C17H18O2/c18-16-7-8-19-17(11-16)14-5-6-15(17)10-13-4-2-1-3-12(13)9-14/h1-4,7-8,14-15H,5-6,9-11H2. The van der Waals surface area contributed by atoms with Gasteiger partial charge in [0.15, 0.2) is 5.78 Å². The van der Waals surface area contributed by atoms with Crippen molar-refractivity contribution in [3.8, 4) is 0 Å². The van der Waals surface area contributed by atoms with Crippen molar-refractivity contribution < 1.29 is 9.53 Å². The van der Waals surface area contributed by atoms with Crippen LogP contribution in [0.3, 0.4) is 0 Å². The van der Waals surface area contributed by atoms with Crippen LogP contribution in [-0.4, -0.2) is 11.4 Å². The number of hydrogen-bond acceptors (Lipinski definition) is 2. The summed E-state index contributed by atoms with van der Waals surface area (Å²) in [6.45, 7) is 0. The molecule has 0 N–H and O–H groups in total. The van der Waals surface area contributed by atoms with Gasteiger partial charge in [-0.25, -0.2) is 0 Å². The van der Waals surface area contributed by atoms with Crippen LogP contribution in [0.25, 0.3) is 0 Å². The molecule has 98 valence electrons. The lowest BCUT2D eigenvalue weighted by Gasteiger charge is -2.39. The summed E-state index contributed by atoms with van der Waals surface area (Å²) in [6, 6.07) is 8.73. The maximum Gasteiger partial charge on any atom is 0.162 e. The predicted molar refractivity (Wildman–Crippen MR) is 72.6 cm³/mol. The first-order valence-electron chi connectivity index (χ1n) is 7.22. The molecule has 0 amide bonds. The van der Waals surface area contributed by atoms with Gasteiger partial charge in [-0.05, 0) is 36.8 Å². The van der Waals surface area contributed by atoms with Crippen LogP contribution in [-0.2, 0) is 22.4 Å². The molecule has 2 nitrogen and oxygen atoms in total. The molecule has 0 saturated heterocycles. The van der Waals surface area contributed by atoms with Gasteiger partial charge < -0.3 is 4.74 Å². The van der Waals surface area contributed by atoms with Crippen molar-refractivity contribution >= 4 is 5.78 Å². The van der Waals surface area contributed by atoms with Crippen molar-refractivity contribution in [1.82, 2.24) is 0 Å². The Balaban J connectivity index is 1.77. The maximum absolute atomic E-state index is 11.9. The third kappa shape index (κ3) is 1.59. The molecule has 0 radical (unpaired) electrons. The first-order chi connectivity index (χ1) is 9.28. The predicted octanol–water partition coefficient (Wildman–Crippen LogP) is 3.05. The molecule has 1 saturated carbocycles. The van der Waals surface area contributed by atoms with E-state index in [0.717, 1.165) is 12.8 Å². The van der Waals surface area contributed by atoms with Crippen molar-refractivity contribution in [2.45, 2.75) is 37.7 Å². The monoisotopic (exact) mass is 254 g/mol. The van der Waals surface area contributed by atoms with Gasteiger partial charge in [-0.15, -0.1) is 0 Å². The Hall–Kier alpha value is -1.57. The van der Waals surface area contributed by atoms with Crippen LogP contribution in [0.1, 0.15) is 30.4 Å². The van der Waals surface area contributed by atoms with E-state index in [1.807, 2.05) is 0 Å². The van der Waals surface area contributed by atoms with Gasteiger partial charge in [0.25, 0.3) is 0 Å². The molecular formula is C17H18O2. The summed E-state index contributed by atoms with van der Waals surface area (Å²) in [7, 11) is 0. The number of rotatable bonds is 0. The number of ketones is 1. The van der Waals surface area contributed by atoms with Crippen LogP contribution in [0.5, 0.6) is 0 Å². The fourth-order valence-corrected chi connectivity index (χ4v) is 4.35. The Kier molecular flexibility index (Phi) is 2.35. The zero-order valence-corrected chi connectivity index (χ0v) is 11.0. The number of ether oxygens (including phenoxy) is 1. The zero-order chi connectivity index (χ0) is 12.9. The average Bonchev–Trinajstić information content (AvgIpc) is 2.62. The minimum Gasteiger partial charge on any atom is -0.494 e. The molecule has 1 spiro atoms. The first kappa shape index (κ1) is 11.3. The highest BCUT2D eigenvalue weighted by atomic mass is 16.5. The fraction of sp³-hybridized carbons (Fsp3) is 0.471. The number of fused-ring (bicyclic) bond motifs is 1. The topological polar surface area (TPSA) is 26.3 Å². The van der Waals surface area contributed by atoms with Gasteiger partial charge in [0.2, 0.25) is 0 Å². The van der Waals surface area contributed by atoms with E-state index in [4.69, 9.17) is 4.74 Å². The number of carbonyl (C=O) groups excluding carboxylic acids is 1. The molecule has 2 unspecified atom stereocenters. The third-order valence-electron chi connectivity index (χ3n) is 5.29. The Labute approximate surface area is 113 Å². The summed E-state index contributed by atoms with van der Waals surface area (Å²) in [5.41, 5.74) is 2.70. The average molecular weight is 254 g/mol. The van der Waals surface area contributed by atoms with E-state index in [1.165, 1.54) is 24.0 Å². The summed E-state index contributed by atoms with van der Waals surface area (Å²) in [5, 5.41) is 0. The normalized spacial score (nSPS) is 35.9. The molecule has 2 aliphatic carbocycles. The lowest BCUT2D eigenvalue weighted by Crippen LogP contribution is -2.45. The van der Waals surface area contributed by atoms with Crippen molar-refractivity contribution in [2.75, 3.05) is 0 Å². The van der Waals surface area contributed by atoms with Gasteiger partial charge in [-0.2, -0.15) is 0 Å². The van der Waals surface area contributed by atoms with E-state index in [0.29, 0.717) is 18.3 Å². The fourth-order valence-electron chi connectivity index (χ4n) is 4.35. The van der Waals surface area contributed by atoms with Gasteiger partial charge >= 0.3 is 0 Å². The molecule has 1 heterocycles. The number of benzene rings is 1. The molecule has 2 heteroatoms. The number of hydrogen-bond donors (Lipinski definition) is 0. The molecule has 1 aromatic rings. The Morgan fingerprint density at radius 2 is 1.68 bits per heavy atom. The quantitative estimate of drug-likeness (QED) is 0.711. The zero-order valence-electron chi connectivity index (χ0n) is 11.0. The molecule has 3 aliphatic rings. The second-order valence-corrected chi connectivity index (χ2v) is 6.17. The van der Waals surface area contributed by atoms with Crippen molar-refractivity contribution in [1.29, 1.82) is 0 Å². The Morgan fingerprint density at radius 1 is 1.05 bits per heavy atom. The van der Waals surface area contributed by atoms with Gasteiger partial charge in [-0.3, -0.25) is 4.79 Å². The summed E-state index contributed by atoms with van der Waals surface area (Å²) >= 11 is 0. The van der Waals surface area contributed by atoms with Gasteiger partial charge in [0, 0.05) is 17.9 Å². The molecule has 1 aliphatic heterocycles. The van der Waals surface area contributed by atoms with E-state index >= 15 is 0 Å². The highest BCUT2D eigenvalue weighted by molar-refractivity contribution is 5.91. The molecular weight excluding hydrogens is 236 g/mol. The molecule has 19 heavy (non-hydrogen) atoms. The van der Waals surface area contributed by atoms with E-state index in [9.17, 15) is 4.79 Å². The summed E-state index contributed by atoms with van der Waals surface area (Å²) in [5.74, 6) is 1.22. The minimum atomic E-state index is -0.217. The lowest BCUT2D eigenvalue weighted by atomic mass is 9.77. The number of carbonyl (C=O) groups is 1. The molecule has 2 bridgehead atoms. The van der Waals surface area contributed by atoms with Crippen LogP contribution >= 0.6 is 0 Å². The van der Waals surface area contributed by atoms with E-state index in [-0.39, 0.29) is 11.4 Å². The van der Waals surface area contributed by atoms with E-state index < -0.39 is 0 Å². The van der Waals surface area contributed by atoms with Crippen molar-refractivity contribution in [3.05, 3.63) is 47.7 Å². The second-order valence-electron chi connectivity index (χ2n) is 6.17. The highest BCUT2D eigenvalue weighted by Crippen LogP contribution is 2.52. The molecule has 0 aromatic heterocycles. The van der Waals surface area contributed by atoms with Crippen molar-refractivity contribution in [3.63, 3.8) is 0 Å². The van der Waals surface area contributed by atoms with Crippen LogP contribution < -0.4 is 0 Å². The van der Waals surface area contributed by atoms with Crippen molar-refractivity contribution in [2.24, 2.45) is 11.8 Å². The van der Waals surface area contributed by atoms with Crippen LogP contribution in [0, 0.1) is 11.8 Å². The maximum atomic E-state index is 11.9. The summed E-state index contributed by atoms with van der Waals surface area (Å²) in [6.07, 6.45) is 8.32. The highest BCUT2D eigenvalue weighted by Gasteiger charge is 2.54. The van der Waals surface area contributed by atoms with Gasteiger partial charge in [0.1, 0.15) is 5.60 Å². The second kappa shape index (κ2) is 3.96. The molecule has 1 aromatic carbocycles. The summed E-state index contributed by atoms with van der Waals surface area (Å²) in [4.78, 5) is 11.9. The largest absolute Gasteiger partial charge is 0.494 e. The smallest absolute Gasteiger partial charge is 0.162 e. The lowest BCUT2D eigenvalue weighted by molar-refractivity contribution is -0.128. The summed E-state index contributed by atoms with van der Waals surface area (Å²) < 4.78 is 6.07. The first-order valence-corrected chi connectivity index (χ1v) is 7.22. The van der Waals surface area contributed by atoms with E-state index in [2.05, 4.69) is 24.3 Å². The SMILES string of the molecule is O=C1C=COC2(C1)C1CCC2Cc2ccccc2C1.